The van der Waals surface area contributed by atoms with Crippen LogP contribution in [0.4, 0.5) is 0 Å². The highest BCUT2D eigenvalue weighted by atomic mass is 16.5. The molecule has 0 aromatic rings. The molecule has 3 nitrogen and oxygen atoms in total. The summed E-state index contributed by atoms with van der Waals surface area (Å²) in [6.45, 7) is 7.07. The lowest BCUT2D eigenvalue weighted by atomic mass is 9.89. The predicted molar refractivity (Wildman–Crippen MR) is 74.4 cm³/mol. The first-order valence-electron chi connectivity index (χ1n) is 7.26. The number of likely N-dealkylation sites (N-methyl/N-ethyl adjacent to an activating group) is 1. The number of nitrogens with zero attached hydrogens (tertiary/aromatic N) is 1. The summed E-state index contributed by atoms with van der Waals surface area (Å²) >= 11 is 0. The van der Waals surface area contributed by atoms with E-state index in [0.29, 0.717) is 24.4 Å². The molecule has 0 heterocycles. The van der Waals surface area contributed by atoms with Crippen LogP contribution >= 0.6 is 0 Å². The Morgan fingerprint density at radius 3 is 2.22 bits per heavy atom. The second-order valence-corrected chi connectivity index (χ2v) is 6.29. The van der Waals surface area contributed by atoms with Gasteiger partial charge in [0.2, 0.25) is 0 Å². The third-order valence-corrected chi connectivity index (χ3v) is 4.28. The van der Waals surface area contributed by atoms with E-state index in [1.165, 1.54) is 25.7 Å². The summed E-state index contributed by atoms with van der Waals surface area (Å²) in [6, 6.07) is -0.119. The maximum absolute atomic E-state index is 12.2. The van der Waals surface area contributed by atoms with E-state index in [2.05, 4.69) is 20.8 Å². The molecule has 0 aromatic carbocycles. The van der Waals surface area contributed by atoms with Gasteiger partial charge in [-0.2, -0.15) is 0 Å². The molecule has 0 aliphatic heterocycles. The zero-order valence-corrected chi connectivity index (χ0v) is 12.6. The van der Waals surface area contributed by atoms with E-state index in [9.17, 15) is 4.79 Å². The maximum Gasteiger partial charge on any atom is 0.323 e. The molecule has 0 spiro atoms. The van der Waals surface area contributed by atoms with Crippen LogP contribution in [-0.4, -0.2) is 37.6 Å². The molecular weight excluding hydrogens is 226 g/mol. The molecule has 18 heavy (non-hydrogen) atoms. The third-order valence-electron chi connectivity index (χ3n) is 4.28. The van der Waals surface area contributed by atoms with Crippen LogP contribution in [0.25, 0.3) is 0 Å². The van der Waals surface area contributed by atoms with Gasteiger partial charge in [-0.15, -0.1) is 0 Å². The van der Waals surface area contributed by atoms with Crippen molar-refractivity contribution in [2.45, 2.75) is 52.5 Å². The molecule has 0 unspecified atom stereocenters. The first kappa shape index (κ1) is 15.5. The molecule has 0 N–H and O–H groups in total. The Balaban J connectivity index is 2.48. The molecule has 3 heteroatoms. The quantitative estimate of drug-likeness (QED) is 0.683. The summed E-state index contributed by atoms with van der Waals surface area (Å²) in [7, 11) is 3.92. The Bertz CT molecular complexity index is 257. The van der Waals surface area contributed by atoms with Gasteiger partial charge < -0.3 is 4.74 Å². The lowest BCUT2D eigenvalue weighted by Crippen LogP contribution is -2.44. The van der Waals surface area contributed by atoms with E-state index in [1.54, 1.807) is 0 Å². The van der Waals surface area contributed by atoms with Gasteiger partial charge in [0.15, 0.2) is 0 Å². The molecule has 0 bridgehead atoms. The number of ether oxygens (including phenoxy) is 1. The van der Waals surface area contributed by atoms with Crippen molar-refractivity contribution in [2.24, 2.45) is 17.8 Å². The summed E-state index contributed by atoms with van der Waals surface area (Å²) in [6.07, 6.45) is 5.03. The average molecular weight is 255 g/mol. The minimum atomic E-state index is -0.119. The molecule has 1 fully saturated rings. The Morgan fingerprint density at radius 2 is 1.78 bits per heavy atom. The van der Waals surface area contributed by atoms with E-state index in [-0.39, 0.29) is 12.0 Å². The van der Waals surface area contributed by atoms with E-state index in [1.807, 2.05) is 19.0 Å². The zero-order valence-electron chi connectivity index (χ0n) is 12.6. The molecular formula is C15H29NO2. The minimum absolute atomic E-state index is 0.0481. The van der Waals surface area contributed by atoms with Gasteiger partial charge >= 0.3 is 5.97 Å². The number of hydrogen-bond donors (Lipinski definition) is 0. The number of rotatable bonds is 6. The van der Waals surface area contributed by atoms with Gasteiger partial charge in [0, 0.05) is 0 Å². The fourth-order valence-corrected chi connectivity index (χ4v) is 2.72. The number of hydrogen-bond acceptors (Lipinski definition) is 3. The maximum atomic E-state index is 12.2. The summed E-state index contributed by atoms with van der Waals surface area (Å²) in [5.74, 6) is 1.35. The number of esters is 1. The Morgan fingerprint density at radius 1 is 1.22 bits per heavy atom. The van der Waals surface area contributed by atoms with Crippen LogP contribution in [0.15, 0.2) is 0 Å². The molecule has 1 aliphatic carbocycles. The van der Waals surface area contributed by atoms with Gasteiger partial charge in [-0.25, -0.2) is 0 Å². The Kier molecular flexibility index (Phi) is 6.13. The van der Waals surface area contributed by atoms with Crippen molar-refractivity contribution >= 4 is 5.97 Å². The normalized spacial score (nSPS) is 20.4. The first-order valence-corrected chi connectivity index (χ1v) is 7.26. The van der Waals surface area contributed by atoms with Crippen LogP contribution in [0, 0.1) is 17.8 Å². The van der Waals surface area contributed by atoms with Crippen molar-refractivity contribution in [3.05, 3.63) is 0 Å². The molecule has 1 aliphatic rings. The van der Waals surface area contributed by atoms with Gasteiger partial charge in [-0.3, -0.25) is 9.69 Å². The van der Waals surface area contributed by atoms with Crippen LogP contribution in [0.1, 0.15) is 46.5 Å². The first-order chi connectivity index (χ1) is 8.43. The van der Waals surface area contributed by atoms with Crippen molar-refractivity contribution < 1.29 is 9.53 Å². The zero-order chi connectivity index (χ0) is 13.7. The Hall–Kier alpha value is -0.570. The van der Waals surface area contributed by atoms with E-state index in [0.717, 1.165) is 0 Å². The molecule has 2 atom stereocenters. The summed E-state index contributed by atoms with van der Waals surface area (Å²) in [5.41, 5.74) is 0. The molecule has 0 amide bonds. The van der Waals surface area contributed by atoms with Crippen LogP contribution in [0.3, 0.4) is 0 Å². The van der Waals surface area contributed by atoms with Gasteiger partial charge in [-0.05, 0) is 44.7 Å². The van der Waals surface area contributed by atoms with E-state index in [4.69, 9.17) is 4.74 Å². The number of carbonyl (C=O) groups excluding carboxylic acids is 1. The molecule has 106 valence electrons. The lowest BCUT2D eigenvalue weighted by Gasteiger charge is -2.30. The highest BCUT2D eigenvalue weighted by Gasteiger charge is 2.31. The highest BCUT2D eigenvalue weighted by molar-refractivity contribution is 5.76. The van der Waals surface area contributed by atoms with E-state index < -0.39 is 0 Å². The van der Waals surface area contributed by atoms with Gasteiger partial charge in [0.05, 0.1) is 6.61 Å². The monoisotopic (exact) mass is 255 g/mol. The van der Waals surface area contributed by atoms with Crippen LogP contribution in [0.2, 0.25) is 0 Å². The lowest BCUT2D eigenvalue weighted by molar-refractivity contribution is -0.153. The SMILES string of the molecule is CC(C)[C@H](C)[C@@H](C(=O)OCC1CCCC1)N(C)C. The Labute approximate surface area is 112 Å². The standard InChI is InChI=1S/C15H29NO2/c1-11(2)12(3)14(16(4)5)15(17)18-10-13-8-6-7-9-13/h11-14H,6-10H2,1-5H3/t12-,14-/m0/s1. The highest BCUT2D eigenvalue weighted by Crippen LogP contribution is 2.25. The van der Waals surface area contributed by atoms with Gasteiger partial charge in [0.25, 0.3) is 0 Å². The summed E-state index contributed by atoms with van der Waals surface area (Å²) < 4.78 is 5.54. The smallest absolute Gasteiger partial charge is 0.323 e. The molecule has 0 aromatic heterocycles. The fraction of sp³-hybridized carbons (Fsp3) is 0.933. The summed E-state index contributed by atoms with van der Waals surface area (Å²) in [4.78, 5) is 14.2. The molecule has 1 saturated carbocycles. The van der Waals surface area contributed by atoms with Crippen LogP contribution in [-0.2, 0) is 9.53 Å². The van der Waals surface area contributed by atoms with Gasteiger partial charge in [-0.1, -0.05) is 33.6 Å². The second kappa shape index (κ2) is 7.13. The second-order valence-electron chi connectivity index (χ2n) is 6.29. The molecule has 1 rings (SSSR count). The van der Waals surface area contributed by atoms with Crippen LogP contribution in [0.5, 0.6) is 0 Å². The van der Waals surface area contributed by atoms with Crippen molar-refractivity contribution in [1.29, 1.82) is 0 Å². The van der Waals surface area contributed by atoms with Crippen molar-refractivity contribution in [2.75, 3.05) is 20.7 Å². The number of carbonyl (C=O) groups is 1. The molecule has 0 radical (unpaired) electrons. The van der Waals surface area contributed by atoms with Crippen molar-refractivity contribution in [3.63, 3.8) is 0 Å². The minimum Gasteiger partial charge on any atom is -0.464 e. The van der Waals surface area contributed by atoms with E-state index >= 15 is 0 Å². The topological polar surface area (TPSA) is 29.5 Å². The van der Waals surface area contributed by atoms with Crippen LogP contribution < -0.4 is 0 Å². The largest absolute Gasteiger partial charge is 0.464 e. The van der Waals surface area contributed by atoms with Crippen molar-refractivity contribution in [1.82, 2.24) is 4.90 Å². The fourth-order valence-electron chi connectivity index (χ4n) is 2.72. The third kappa shape index (κ3) is 4.27. The summed E-state index contributed by atoms with van der Waals surface area (Å²) in [5, 5.41) is 0. The van der Waals surface area contributed by atoms with Gasteiger partial charge in [0.1, 0.15) is 6.04 Å². The molecule has 0 saturated heterocycles. The van der Waals surface area contributed by atoms with Crippen molar-refractivity contribution in [3.8, 4) is 0 Å². The average Bonchev–Trinajstić information content (AvgIpc) is 2.78. The predicted octanol–water partition coefficient (Wildman–Crippen LogP) is 2.94.